The summed E-state index contributed by atoms with van der Waals surface area (Å²) in [7, 11) is 0. The van der Waals surface area contributed by atoms with Crippen molar-refractivity contribution in [2.75, 3.05) is 6.54 Å². The Balaban J connectivity index is 1.42. The molecule has 1 spiro atoms. The van der Waals surface area contributed by atoms with Gasteiger partial charge in [-0.25, -0.2) is 4.79 Å². The van der Waals surface area contributed by atoms with Crippen molar-refractivity contribution < 1.29 is 9.90 Å². The number of carbonyl (C=O) groups is 1. The van der Waals surface area contributed by atoms with Crippen LogP contribution < -0.4 is 5.32 Å². The lowest BCUT2D eigenvalue weighted by Crippen LogP contribution is -2.62. The van der Waals surface area contributed by atoms with Gasteiger partial charge in [0.15, 0.2) is 0 Å². The Labute approximate surface area is 126 Å². The van der Waals surface area contributed by atoms with Gasteiger partial charge in [-0.3, -0.25) is 0 Å². The second-order valence-corrected chi connectivity index (χ2v) is 8.73. The van der Waals surface area contributed by atoms with Crippen LogP contribution in [0.5, 0.6) is 0 Å². The minimum atomic E-state index is -0.395. The molecule has 1 aliphatic heterocycles. The summed E-state index contributed by atoms with van der Waals surface area (Å²) >= 11 is 0. The van der Waals surface area contributed by atoms with Crippen molar-refractivity contribution in [1.82, 2.24) is 10.2 Å². The summed E-state index contributed by atoms with van der Waals surface area (Å²) in [4.78, 5) is 14.8. The normalized spacial score (nSPS) is 50.1. The molecule has 0 aromatic heterocycles. The van der Waals surface area contributed by atoms with Crippen LogP contribution in [0, 0.1) is 17.8 Å². The van der Waals surface area contributed by atoms with Crippen molar-refractivity contribution in [3.63, 3.8) is 0 Å². The van der Waals surface area contributed by atoms with E-state index in [1.807, 2.05) is 0 Å². The highest BCUT2D eigenvalue weighted by atomic mass is 16.3. The van der Waals surface area contributed by atoms with Crippen molar-refractivity contribution in [1.29, 1.82) is 0 Å². The predicted molar refractivity (Wildman–Crippen MR) is 78.7 cm³/mol. The molecule has 2 N–H and O–H groups in total. The fraction of sp³-hybridized carbons (Fsp3) is 0.941. The minimum absolute atomic E-state index is 0.0860. The second-order valence-electron chi connectivity index (χ2n) is 8.73. The summed E-state index contributed by atoms with van der Waals surface area (Å²) in [6.45, 7) is 0.923. The Morgan fingerprint density at radius 1 is 1.10 bits per heavy atom. The largest absolute Gasteiger partial charge is 0.390 e. The monoisotopic (exact) mass is 290 g/mol. The molecule has 0 aromatic rings. The number of nitrogens with one attached hydrogen (secondary N) is 1. The van der Waals surface area contributed by atoms with Gasteiger partial charge in [-0.2, -0.15) is 0 Å². The van der Waals surface area contributed by atoms with E-state index in [0.717, 1.165) is 44.6 Å². The predicted octanol–water partition coefficient (Wildman–Crippen LogP) is 2.26. The first-order valence-electron chi connectivity index (χ1n) is 8.87. The lowest BCUT2D eigenvalue weighted by atomic mass is 9.52. The summed E-state index contributed by atoms with van der Waals surface area (Å²) < 4.78 is 0. The topological polar surface area (TPSA) is 52.6 Å². The van der Waals surface area contributed by atoms with Gasteiger partial charge in [0.05, 0.1) is 11.1 Å². The van der Waals surface area contributed by atoms with Crippen molar-refractivity contribution in [3.05, 3.63) is 0 Å². The van der Waals surface area contributed by atoms with Crippen LogP contribution in [0.25, 0.3) is 0 Å². The quantitative estimate of drug-likeness (QED) is 0.778. The number of urea groups is 1. The Hall–Kier alpha value is -0.770. The summed E-state index contributed by atoms with van der Waals surface area (Å²) in [6, 6.07) is 0.586. The van der Waals surface area contributed by atoms with Gasteiger partial charge in [-0.1, -0.05) is 12.8 Å². The molecule has 1 saturated heterocycles. The Kier molecular flexibility index (Phi) is 2.40. The lowest BCUT2D eigenvalue weighted by Gasteiger charge is -2.59. The molecular weight excluding hydrogens is 264 g/mol. The molecule has 21 heavy (non-hydrogen) atoms. The molecule has 4 nitrogen and oxygen atoms in total. The van der Waals surface area contributed by atoms with Crippen LogP contribution in [0.1, 0.15) is 57.8 Å². The fourth-order valence-electron chi connectivity index (χ4n) is 6.78. The number of rotatable bonds is 1. The molecule has 1 heterocycles. The molecule has 5 aliphatic carbocycles. The zero-order valence-corrected chi connectivity index (χ0v) is 12.7. The highest BCUT2D eigenvalue weighted by molar-refractivity contribution is 5.78. The van der Waals surface area contributed by atoms with Gasteiger partial charge >= 0.3 is 6.03 Å². The maximum absolute atomic E-state index is 12.6. The van der Waals surface area contributed by atoms with E-state index in [0.29, 0.717) is 17.9 Å². The smallest absolute Gasteiger partial charge is 0.318 e. The first-order chi connectivity index (χ1) is 10.1. The highest BCUT2D eigenvalue weighted by Crippen LogP contribution is 2.57. The number of hydrogen-bond acceptors (Lipinski definition) is 2. The van der Waals surface area contributed by atoms with E-state index < -0.39 is 5.60 Å². The van der Waals surface area contributed by atoms with Gasteiger partial charge in [-0.15, -0.1) is 0 Å². The molecule has 4 bridgehead atoms. The van der Waals surface area contributed by atoms with Gasteiger partial charge in [0, 0.05) is 12.6 Å². The standard InChI is InChI=1S/C17H26N2O2/c20-15-18-16(3-1-2-4-16)10-19(15)14-12-5-11-6-13(14)9-17(21,7-11)8-12/h11-14,21H,1-10H2,(H,18,20). The van der Waals surface area contributed by atoms with E-state index in [9.17, 15) is 9.90 Å². The molecule has 2 unspecified atom stereocenters. The van der Waals surface area contributed by atoms with E-state index in [2.05, 4.69) is 10.2 Å². The Bertz CT molecular complexity index is 469. The van der Waals surface area contributed by atoms with Gasteiger partial charge in [-0.05, 0) is 62.7 Å². The van der Waals surface area contributed by atoms with Crippen LogP contribution in [0.4, 0.5) is 4.79 Å². The van der Waals surface area contributed by atoms with Crippen molar-refractivity contribution >= 4 is 6.03 Å². The maximum atomic E-state index is 12.6. The molecule has 4 heteroatoms. The number of amides is 2. The molecular formula is C17H26N2O2. The Morgan fingerprint density at radius 2 is 1.76 bits per heavy atom. The van der Waals surface area contributed by atoms with Crippen molar-refractivity contribution in [2.45, 2.75) is 75.0 Å². The van der Waals surface area contributed by atoms with E-state index in [-0.39, 0.29) is 11.6 Å². The first-order valence-corrected chi connectivity index (χ1v) is 8.87. The fourth-order valence-corrected chi connectivity index (χ4v) is 6.78. The SMILES string of the molecule is O=C1NC2(CCCC2)CN1C1C2CC3CC1CC(O)(C3)C2. The number of aliphatic hydroxyl groups is 1. The lowest BCUT2D eigenvalue weighted by molar-refractivity contribution is -0.152. The number of nitrogens with zero attached hydrogens (tertiary/aromatic N) is 1. The summed E-state index contributed by atoms with van der Waals surface area (Å²) in [5, 5.41) is 14.0. The average molecular weight is 290 g/mol. The number of hydrogen-bond donors (Lipinski definition) is 2. The van der Waals surface area contributed by atoms with Crippen molar-refractivity contribution in [2.24, 2.45) is 17.8 Å². The molecule has 6 fully saturated rings. The van der Waals surface area contributed by atoms with E-state index >= 15 is 0 Å². The average Bonchev–Trinajstić information content (AvgIpc) is 2.95. The second kappa shape index (κ2) is 3.95. The summed E-state index contributed by atoms with van der Waals surface area (Å²) in [5.41, 5.74) is -0.309. The summed E-state index contributed by atoms with van der Waals surface area (Å²) in [6.07, 6.45) is 10.2. The molecule has 2 atom stereocenters. The Morgan fingerprint density at radius 3 is 2.38 bits per heavy atom. The molecule has 6 aliphatic rings. The van der Waals surface area contributed by atoms with E-state index in [1.54, 1.807) is 0 Å². The van der Waals surface area contributed by atoms with Crippen LogP contribution in [0.15, 0.2) is 0 Å². The van der Waals surface area contributed by atoms with Gasteiger partial charge in [0.25, 0.3) is 0 Å². The molecule has 0 aromatic carbocycles. The zero-order chi connectivity index (χ0) is 14.2. The summed E-state index contributed by atoms with van der Waals surface area (Å²) in [5.74, 6) is 1.81. The van der Waals surface area contributed by atoms with Crippen LogP contribution in [-0.2, 0) is 0 Å². The zero-order valence-electron chi connectivity index (χ0n) is 12.7. The minimum Gasteiger partial charge on any atom is -0.390 e. The highest BCUT2D eigenvalue weighted by Gasteiger charge is 2.59. The van der Waals surface area contributed by atoms with E-state index in [4.69, 9.17) is 0 Å². The van der Waals surface area contributed by atoms with Crippen LogP contribution in [0.2, 0.25) is 0 Å². The van der Waals surface area contributed by atoms with Crippen LogP contribution >= 0.6 is 0 Å². The molecule has 116 valence electrons. The molecule has 0 radical (unpaired) electrons. The number of carbonyl (C=O) groups excluding carboxylic acids is 1. The first kappa shape index (κ1) is 12.7. The molecule has 5 saturated carbocycles. The third kappa shape index (κ3) is 1.74. The third-order valence-electron chi connectivity index (χ3n) is 7.22. The van der Waals surface area contributed by atoms with Crippen LogP contribution in [-0.4, -0.2) is 39.8 Å². The van der Waals surface area contributed by atoms with Gasteiger partial charge in [0.2, 0.25) is 0 Å². The van der Waals surface area contributed by atoms with Crippen molar-refractivity contribution in [3.8, 4) is 0 Å². The van der Waals surface area contributed by atoms with E-state index in [1.165, 1.54) is 25.7 Å². The van der Waals surface area contributed by atoms with Gasteiger partial charge < -0.3 is 15.3 Å². The van der Waals surface area contributed by atoms with Crippen LogP contribution in [0.3, 0.4) is 0 Å². The molecule has 6 rings (SSSR count). The maximum Gasteiger partial charge on any atom is 0.318 e. The third-order valence-corrected chi connectivity index (χ3v) is 7.22. The van der Waals surface area contributed by atoms with Gasteiger partial charge in [0.1, 0.15) is 0 Å². The molecule has 2 amide bonds.